The van der Waals surface area contributed by atoms with Gasteiger partial charge in [0.05, 0.1) is 5.02 Å². The molecular weight excluding hydrogens is 463 g/mol. The molecule has 0 unspecified atom stereocenters. The minimum absolute atomic E-state index is 0.0485. The number of fused-ring (bicyclic) bond motifs is 1. The molecule has 4 rings (SSSR count). The number of benzene rings is 3. The van der Waals surface area contributed by atoms with Crippen LogP contribution in [-0.2, 0) is 10.0 Å². The van der Waals surface area contributed by atoms with Gasteiger partial charge in [-0.1, -0.05) is 23.2 Å². The van der Waals surface area contributed by atoms with E-state index < -0.39 is 10.0 Å². The smallest absolute Gasteiger partial charge is 0.263 e. The third-order valence-corrected chi connectivity index (χ3v) is 6.48. The Kier molecular flexibility index (Phi) is 5.95. The normalized spacial score (nSPS) is 12.8. The maximum atomic E-state index is 12.6. The van der Waals surface area contributed by atoms with E-state index in [2.05, 4.69) is 10.0 Å². The molecule has 0 atom stereocenters. The Balaban J connectivity index is 1.46. The van der Waals surface area contributed by atoms with E-state index in [1.54, 1.807) is 18.2 Å². The summed E-state index contributed by atoms with van der Waals surface area (Å²) in [6.07, 6.45) is 0. The number of anilines is 2. The highest BCUT2D eigenvalue weighted by molar-refractivity contribution is 7.92. The third-order valence-electron chi connectivity index (χ3n) is 4.38. The van der Waals surface area contributed by atoms with Crippen LogP contribution in [0.5, 0.6) is 11.5 Å². The van der Waals surface area contributed by atoms with Crippen LogP contribution in [0.3, 0.4) is 0 Å². The van der Waals surface area contributed by atoms with E-state index in [9.17, 15) is 13.2 Å². The van der Waals surface area contributed by atoms with Crippen LogP contribution in [0.25, 0.3) is 0 Å². The van der Waals surface area contributed by atoms with Gasteiger partial charge in [0, 0.05) is 28.0 Å². The van der Waals surface area contributed by atoms with Crippen molar-refractivity contribution in [1.82, 2.24) is 0 Å². The molecule has 3 aromatic rings. The highest BCUT2D eigenvalue weighted by Gasteiger charge is 2.19. The van der Waals surface area contributed by atoms with Crippen molar-refractivity contribution in [3.63, 3.8) is 0 Å². The summed E-state index contributed by atoms with van der Waals surface area (Å²) in [6.45, 7) is 0.931. The second-order valence-corrected chi connectivity index (χ2v) is 9.06. The lowest BCUT2D eigenvalue weighted by atomic mass is 10.2. The molecule has 1 aliphatic heterocycles. The Hall–Kier alpha value is -2.94. The Morgan fingerprint density at radius 3 is 2.26 bits per heavy atom. The fourth-order valence-corrected chi connectivity index (χ4v) is 4.73. The Labute approximate surface area is 188 Å². The molecule has 160 valence electrons. The van der Waals surface area contributed by atoms with Gasteiger partial charge >= 0.3 is 0 Å². The summed E-state index contributed by atoms with van der Waals surface area (Å²) in [5, 5.41) is 3.07. The van der Waals surface area contributed by atoms with Gasteiger partial charge in [0.25, 0.3) is 15.9 Å². The number of carbonyl (C=O) groups excluding carboxylic acids is 1. The van der Waals surface area contributed by atoms with Crippen molar-refractivity contribution in [1.29, 1.82) is 0 Å². The van der Waals surface area contributed by atoms with E-state index >= 15 is 0 Å². The topological polar surface area (TPSA) is 93.7 Å². The Bertz CT molecular complexity index is 1250. The molecule has 0 aromatic heterocycles. The number of ether oxygens (including phenoxy) is 2. The molecule has 2 N–H and O–H groups in total. The molecule has 1 heterocycles. The first kappa shape index (κ1) is 21.3. The van der Waals surface area contributed by atoms with Crippen molar-refractivity contribution >= 4 is 50.5 Å². The first-order valence-corrected chi connectivity index (χ1v) is 11.3. The van der Waals surface area contributed by atoms with Gasteiger partial charge in [-0.15, -0.1) is 0 Å². The molecule has 1 aliphatic rings. The molecular formula is C21H16Cl2N2O5S. The Morgan fingerprint density at radius 1 is 0.839 bits per heavy atom. The largest absolute Gasteiger partial charge is 0.486 e. The molecule has 0 spiro atoms. The van der Waals surface area contributed by atoms with E-state index in [4.69, 9.17) is 32.7 Å². The number of carbonyl (C=O) groups is 1. The van der Waals surface area contributed by atoms with Gasteiger partial charge in [-0.3, -0.25) is 9.52 Å². The molecule has 0 fully saturated rings. The first-order valence-electron chi connectivity index (χ1n) is 9.11. The van der Waals surface area contributed by atoms with Crippen LogP contribution in [0.4, 0.5) is 11.4 Å². The Morgan fingerprint density at radius 2 is 1.52 bits per heavy atom. The zero-order valence-electron chi connectivity index (χ0n) is 15.9. The van der Waals surface area contributed by atoms with Crippen molar-refractivity contribution in [2.75, 3.05) is 23.3 Å². The highest BCUT2D eigenvalue weighted by atomic mass is 35.5. The van der Waals surface area contributed by atoms with E-state index in [1.165, 1.54) is 42.5 Å². The van der Waals surface area contributed by atoms with E-state index in [-0.39, 0.29) is 26.5 Å². The fourth-order valence-electron chi connectivity index (χ4n) is 2.91. The lowest BCUT2D eigenvalue weighted by Crippen LogP contribution is -2.16. The quantitative estimate of drug-likeness (QED) is 0.548. The van der Waals surface area contributed by atoms with Gasteiger partial charge < -0.3 is 14.8 Å². The fraction of sp³-hybridized carbons (Fsp3) is 0.0952. The number of rotatable bonds is 5. The summed E-state index contributed by atoms with van der Waals surface area (Å²) in [5.74, 6) is 0.832. The van der Waals surface area contributed by atoms with Crippen LogP contribution in [0.2, 0.25) is 10.0 Å². The molecule has 31 heavy (non-hydrogen) atoms. The van der Waals surface area contributed by atoms with Gasteiger partial charge in [-0.05, 0) is 54.6 Å². The van der Waals surface area contributed by atoms with Crippen molar-refractivity contribution in [3.8, 4) is 11.5 Å². The van der Waals surface area contributed by atoms with Crippen molar-refractivity contribution in [2.45, 2.75) is 4.90 Å². The van der Waals surface area contributed by atoms with Crippen LogP contribution >= 0.6 is 23.2 Å². The standard InChI is InChI=1S/C21H16Cl2N2O5S/c22-14-3-7-17(23)20(11-14)31(27,28)25-15-4-1-13(2-5-15)21(26)24-16-6-8-18-19(12-16)30-10-9-29-18/h1-8,11-12,25H,9-10H2,(H,24,26). The SMILES string of the molecule is O=C(Nc1ccc2c(c1)OCCO2)c1ccc(NS(=O)(=O)c2cc(Cl)ccc2Cl)cc1. The minimum atomic E-state index is -3.95. The summed E-state index contributed by atoms with van der Waals surface area (Å²) in [7, 11) is -3.95. The molecule has 0 aliphatic carbocycles. The number of hydrogen-bond donors (Lipinski definition) is 2. The van der Waals surface area contributed by atoms with Crippen LogP contribution in [0, 0.1) is 0 Å². The molecule has 1 amide bonds. The van der Waals surface area contributed by atoms with E-state index in [1.807, 2.05) is 0 Å². The summed E-state index contributed by atoms with van der Waals surface area (Å²) >= 11 is 11.9. The minimum Gasteiger partial charge on any atom is -0.486 e. The number of sulfonamides is 1. The second-order valence-electron chi connectivity index (χ2n) is 6.57. The number of hydrogen-bond acceptors (Lipinski definition) is 5. The molecule has 10 heteroatoms. The lowest BCUT2D eigenvalue weighted by molar-refractivity contribution is 0.102. The van der Waals surface area contributed by atoms with Gasteiger partial charge in [-0.25, -0.2) is 8.42 Å². The summed E-state index contributed by atoms with van der Waals surface area (Å²) < 4.78 is 38.6. The maximum Gasteiger partial charge on any atom is 0.263 e. The lowest BCUT2D eigenvalue weighted by Gasteiger charge is -2.19. The predicted molar refractivity (Wildman–Crippen MR) is 119 cm³/mol. The van der Waals surface area contributed by atoms with Crippen LogP contribution < -0.4 is 19.5 Å². The van der Waals surface area contributed by atoms with Gasteiger partial charge in [0.2, 0.25) is 0 Å². The zero-order valence-corrected chi connectivity index (χ0v) is 18.2. The zero-order chi connectivity index (χ0) is 22.0. The molecule has 0 saturated heterocycles. The monoisotopic (exact) mass is 478 g/mol. The predicted octanol–water partition coefficient (Wildman–Crippen LogP) is 4.82. The first-order chi connectivity index (χ1) is 14.8. The maximum absolute atomic E-state index is 12.6. The second kappa shape index (κ2) is 8.66. The number of halogens is 2. The van der Waals surface area contributed by atoms with Crippen LogP contribution in [-0.4, -0.2) is 27.5 Å². The van der Waals surface area contributed by atoms with Gasteiger partial charge in [0.15, 0.2) is 11.5 Å². The van der Waals surface area contributed by atoms with Gasteiger partial charge in [0.1, 0.15) is 18.1 Å². The van der Waals surface area contributed by atoms with Crippen molar-refractivity contribution < 1.29 is 22.7 Å². The van der Waals surface area contributed by atoms with E-state index in [0.717, 1.165) is 0 Å². The molecule has 0 saturated carbocycles. The number of nitrogens with one attached hydrogen (secondary N) is 2. The van der Waals surface area contributed by atoms with Gasteiger partial charge in [-0.2, -0.15) is 0 Å². The molecule has 7 nitrogen and oxygen atoms in total. The summed E-state index contributed by atoms with van der Waals surface area (Å²) in [4.78, 5) is 12.4. The van der Waals surface area contributed by atoms with Crippen molar-refractivity contribution in [2.24, 2.45) is 0 Å². The average molecular weight is 479 g/mol. The molecule has 0 radical (unpaired) electrons. The van der Waals surface area contributed by atoms with Crippen LogP contribution in [0.15, 0.2) is 65.6 Å². The molecule has 0 bridgehead atoms. The highest BCUT2D eigenvalue weighted by Crippen LogP contribution is 2.33. The summed E-state index contributed by atoms with van der Waals surface area (Å²) in [6, 6.07) is 15.3. The molecule has 3 aromatic carbocycles. The van der Waals surface area contributed by atoms with Crippen molar-refractivity contribution in [3.05, 3.63) is 76.3 Å². The van der Waals surface area contributed by atoms with E-state index in [0.29, 0.717) is 36.0 Å². The third kappa shape index (κ3) is 4.87. The summed E-state index contributed by atoms with van der Waals surface area (Å²) in [5.41, 5.74) is 1.17. The average Bonchev–Trinajstić information content (AvgIpc) is 2.75. The number of amides is 1. The van der Waals surface area contributed by atoms with Crippen LogP contribution in [0.1, 0.15) is 10.4 Å².